The molecule has 5 heteroatoms. The number of allylic oxidation sites excluding steroid dienone is 1. The second-order valence-electron chi connectivity index (χ2n) is 12.9. The van der Waals surface area contributed by atoms with Gasteiger partial charge in [-0.3, -0.25) is 9.59 Å². The zero-order valence-corrected chi connectivity index (χ0v) is 22.3. The van der Waals surface area contributed by atoms with Gasteiger partial charge in [-0.25, -0.2) is 0 Å². The van der Waals surface area contributed by atoms with Gasteiger partial charge in [0.25, 0.3) is 0 Å². The van der Waals surface area contributed by atoms with Crippen LogP contribution >= 0.6 is 11.6 Å². The van der Waals surface area contributed by atoms with Gasteiger partial charge in [0.1, 0.15) is 0 Å². The Morgan fingerprint density at radius 1 is 1.21 bits per heavy atom. The third kappa shape index (κ3) is 4.67. The number of aryl methyl sites for hydroxylation is 1. The molecule has 0 bridgehead atoms. The number of hydrogen-bond donors (Lipinski definition) is 1. The van der Waals surface area contributed by atoms with Crippen molar-refractivity contribution in [1.82, 2.24) is 4.90 Å². The summed E-state index contributed by atoms with van der Waals surface area (Å²) in [7, 11) is 0. The second kappa shape index (κ2) is 8.69. The number of hydrogen-bond acceptors (Lipinski definition) is 2. The van der Waals surface area contributed by atoms with E-state index in [2.05, 4.69) is 65.9 Å². The lowest BCUT2D eigenvalue weighted by Gasteiger charge is -2.59. The summed E-state index contributed by atoms with van der Waals surface area (Å²) < 4.78 is 0. The lowest BCUT2D eigenvalue weighted by atomic mass is 9.49. The molecule has 1 heterocycles. The number of carboxylic acids is 1. The number of carbonyl (C=O) groups excluding carboxylic acids is 1. The standard InChI is InChI=1S/C29H40ClNO3/c1-18(2)23-17-31(22-14-29(15-22)12-20(13-29)26(33)34)25(32)16-28(23,6)21-8-7-19(24(30)11-21)9-10-27(3,4)5/h7-8,11,17-18,20,22H,9-10,12-16H2,1-6H3,(H,33,34)/t20?,22?,28-,29?/m0/s1. The zero-order chi connectivity index (χ0) is 25.1. The van der Waals surface area contributed by atoms with Crippen LogP contribution < -0.4 is 0 Å². The fraction of sp³-hybridized carbons (Fsp3) is 0.655. The molecule has 0 saturated heterocycles. The maximum atomic E-state index is 13.4. The van der Waals surface area contributed by atoms with Crippen LogP contribution in [0.15, 0.2) is 30.0 Å². The van der Waals surface area contributed by atoms with Crippen LogP contribution in [0.25, 0.3) is 0 Å². The quantitative estimate of drug-likeness (QED) is 0.472. The molecule has 1 N–H and O–H groups in total. The molecule has 0 radical (unpaired) electrons. The van der Waals surface area contributed by atoms with E-state index in [-0.39, 0.29) is 34.1 Å². The smallest absolute Gasteiger partial charge is 0.306 e. The van der Waals surface area contributed by atoms with Gasteiger partial charge >= 0.3 is 5.97 Å². The first-order chi connectivity index (χ1) is 15.7. The molecular weight excluding hydrogens is 446 g/mol. The van der Waals surface area contributed by atoms with Crippen LogP contribution in [0.5, 0.6) is 0 Å². The maximum Gasteiger partial charge on any atom is 0.306 e. The Morgan fingerprint density at radius 3 is 2.38 bits per heavy atom. The highest BCUT2D eigenvalue weighted by molar-refractivity contribution is 6.31. The highest BCUT2D eigenvalue weighted by Gasteiger charge is 2.57. The van der Waals surface area contributed by atoms with Gasteiger partial charge in [-0.2, -0.15) is 0 Å². The molecule has 2 aliphatic carbocycles. The Kier molecular flexibility index (Phi) is 6.46. The number of aliphatic carboxylic acids is 1. The van der Waals surface area contributed by atoms with E-state index >= 15 is 0 Å². The Bertz CT molecular complexity index is 1010. The second-order valence-corrected chi connectivity index (χ2v) is 13.3. The molecule has 1 aromatic carbocycles. The van der Waals surface area contributed by atoms with E-state index in [0.717, 1.165) is 49.1 Å². The molecule has 34 heavy (non-hydrogen) atoms. The van der Waals surface area contributed by atoms with Crippen molar-refractivity contribution in [3.63, 3.8) is 0 Å². The predicted molar refractivity (Wildman–Crippen MR) is 137 cm³/mol. The van der Waals surface area contributed by atoms with Gasteiger partial charge in [0.05, 0.1) is 5.92 Å². The number of rotatable bonds is 6. The van der Waals surface area contributed by atoms with Crippen LogP contribution in [0.4, 0.5) is 0 Å². The first kappa shape index (κ1) is 25.3. The average Bonchev–Trinajstić information content (AvgIpc) is 2.64. The molecule has 2 fully saturated rings. The minimum Gasteiger partial charge on any atom is -0.481 e. The largest absolute Gasteiger partial charge is 0.481 e. The summed E-state index contributed by atoms with van der Waals surface area (Å²) in [5.41, 5.74) is 3.58. The van der Waals surface area contributed by atoms with E-state index in [1.165, 1.54) is 11.1 Å². The monoisotopic (exact) mass is 485 g/mol. The van der Waals surface area contributed by atoms with Gasteiger partial charge in [-0.15, -0.1) is 0 Å². The Morgan fingerprint density at radius 2 is 1.85 bits per heavy atom. The van der Waals surface area contributed by atoms with Gasteiger partial charge < -0.3 is 10.0 Å². The topological polar surface area (TPSA) is 57.6 Å². The number of benzene rings is 1. The molecular formula is C29H40ClNO3. The zero-order valence-electron chi connectivity index (χ0n) is 21.6. The summed E-state index contributed by atoms with van der Waals surface area (Å²) in [6.07, 6.45) is 7.96. The van der Waals surface area contributed by atoms with Gasteiger partial charge in [0.15, 0.2) is 0 Å². The molecule has 1 spiro atoms. The van der Waals surface area contributed by atoms with E-state index in [0.29, 0.717) is 12.3 Å². The summed E-state index contributed by atoms with van der Waals surface area (Å²) in [4.78, 5) is 26.6. The highest BCUT2D eigenvalue weighted by Crippen LogP contribution is 2.60. The average molecular weight is 486 g/mol. The minimum absolute atomic E-state index is 0.150. The summed E-state index contributed by atoms with van der Waals surface area (Å²) in [5, 5.41) is 10.0. The van der Waals surface area contributed by atoms with Gasteiger partial charge in [0, 0.05) is 29.1 Å². The molecule has 1 atom stereocenters. The number of nitrogens with zero attached hydrogens (tertiary/aromatic N) is 1. The van der Waals surface area contributed by atoms with E-state index < -0.39 is 5.97 Å². The number of amides is 1. The number of carbonyl (C=O) groups is 2. The van der Waals surface area contributed by atoms with Crippen LogP contribution in [0.1, 0.15) is 91.2 Å². The van der Waals surface area contributed by atoms with Crippen LogP contribution in [0, 0.1) is 22.7 Å². The molecule has 4 rings (SSSR count). The number of carboxylic acid groups (broad SMARTS) is 1. The normalized spacial score (nSPS) is 31.4. The number of halogens is 1. The minimum atomic E-state index is -0.677. The first-order valence-electron chi connectivity index (χ1n) is 12.8. The third-order valence-corrected chi connectivity index (χ3v) is 8.96. The van der Waals surface area contributed by atoms with Crippen LogP contribution in [0.2, 0.25) is 5.02 Å². The van der Waals surface area contributed by atoms with Crippen molar-refractivity contribution >= 4 is 23.5 Å². The molecule has 1 amide bonds. The summed E-state index contributed by atoms with van der Waals surface area (Å²) in [6, 6.07) is 6.59. The maximum absolute atomic E-state index is 13.4. The Hall–Kier alpha value is -1.81. The third-order valence-electron chi connectivity index (χ3n) is 8.60. The van der Waals surface area contributed by atoms with Crippen LogP contribution in [-0.4, -0.2) is 27.9 Å². The van der Waals surface area contributed by atoms with Crippen molar-refractivity contribution in [3.05, 3.63) is 46.1 Å². The molecule has 3 aliphatic rings. The predicted octanol–water partition coefficient (Wildman–Crippen LogP) is 6.99. The lowest BCUT2D eigenvalue weighted by molar-refractivity contribution is -0.162. The Labute approximate surface area is 209 Å². The first-order valence-corrected chi connectivity index (χ1v) is 13.2. The van der Waals surface area contributed by atoms with Crippen molar-refractivity contribution in [1.29, 1.82) is 0 Å². The lowest BCUT2D eigenvalue weighted by Crippen LogP contribution is -2.59. The van der Waals surface area contributed by atoms with Crippen molar-refractivity contribution in [2.24, 2.45) is 22.7 Å². The van der Waals surface area contributed by atoms with Crippen LogP contribution in [-0.2, 0) is 21.4 Å². The molecule has 1 aromatic rings. The highest BCUT2D eigenvalue weighted by atomic mass is 35.5. The fourth-order valence-electron chi connectivity index (χ4n) is 6.46. The SMILES string of the molecule is CC(C)C1=CN(C2CC3(CC(C(=O)O)C3)C2)C(=O)C[C@@]1(C)c1ccc(CCC(C)(C)C)c(Cl)c1. The molecule has 186 valence electrons. The fourth-order valence-corrected chi connectivity index (χ4v) is 6.73. The van der Waals surface area contributed by atoms with Gasteiger partial charge in [0.2, 0.25) is 5.91 Å². The van der Waals surface area contributed by atoms with E-state index in [4.69, 9.17) is 11.6 Å². The molecule has 0 unspecified atom stereocenters. The van der Waals surface area contributed by atoms with E-state index in [9.17, 15) is 14.7 Å². The van der Waals surface area contributed by atoms with Gasteiger partial charge in [-0.05, 0) is 78.0 Å². The van der Waals surface area contributed by atoms with Crippen molar-refractivity contribution < 1.29 is 14.7 Å². The van der Waals surface area contributed by atoms with Gasteiger partial charge in [-0.1, -0.05) is 65.3 Å². The van der Waals surface area contributed by atoms with E-state index in [1.54, 1.807) is 0 Å². The molecule has 2 saturated carbocycles. The summed E-state index contributed by atoms with van der Waals surface area (Å²) in [6.45, 7) is 13.3. The van der Waals surface area contributed by atoms with E-state index in [1.807, 2.05) is 4.90 Å². The Balaban J connectivity index is 1.53. The summed E-state index contributed by atoms with van der Waals surface area (Å²) >= 11 is 6.75. The molecule has 0 aromatic heterocycles. The van der Waals surface area contributed by atoms with Crippen molar-refractivity contribution in [3.8, 4) is 0 Å². The molecule has 4 nitrogen and oxygen atoms in total. The summed E-state index contributed by atoms with van der Waals surface area (Å²) in [5.74, 6) is -0.411. The van der Waals surface area contributed by atoms with Crippen molar-refractivity contribution in [2.45, 2.75) is 97.9 Å². The van der Waals surface area contributed by atoms with Crippen molar-refractivity contribution in [2.75, 3.05) is 0 Å². The van der Waals surface area contributed by atoms with Crippen LogP contribution in [0.3, 0.4) is 0 Å². The molecule has 1 aliphatic heterocycles.